The summed E-state index contributed by atoms with van der Waals surface area (Å²) in [4.78, 5) is 3.99. The van der Waals surface area contributed by atoms with E-state index in [1.165, 1.54) is 6.20 Å². The Morgan fingerprint density at radius 1 is 1.29 bits per heavy atom. The second-order valence-electron chi connectivity index (χ2n) is 3.36. The number of hydrogen-bond donors (Lipinski definition) is 1. The molecular weight excluding hydrogens is 244 g/mol. The Morgan fingerprint density at radius 2 is 2.12 bits per heavy atom. The molecule has 5 nitrogen and oxygen atoms in total. The fourth-order valence-corrected chi connectivity index (χ4v) is 1.35. The van der Waals surface area contributed by atoms with Crippen molar-refractivity contribution < 1.29 is 14.2 Å². The smallest absolute Gasteiger partial charge is 0.232 e. The van der Waals surface area contributed by atoms with Crippen LogP contribution in [0.1, 0.15) is 6.42 Å². The van der Waals surface area contributed by atoms with Crippen molar-refractivity contribution in [3.8, 4) is 5.88 Å². The topological polar surface area (TPSA) is 66.6 Å². The predicted molar refractivity (Wildman–Crippen MR) is 66.5 cm³/mol. The average Bonchev–Trinajstić information content (AvgIpc) is 2.30. The molecule has 6 heteroatoms. The van der Waals surface area contributed by atoms with Crippen molar-refractivity contribution in [3.63, 3.8) is 0 Å². The van der Waals surface area contributed by atoms with E-state index in [2.05, 4.69) is 4.98 Å². The van der Waals surface area contributed by atoms with E-state index < -0.39 is 0 Å². The highest BCUT2D eigenvalue weighted by Gasteiger charge is 2.03. The number of methoxy groups -OCH3 is 1. The van der Waals surface area contributed by atoms with Crippen LogP contribution in [0.3, 0.4) is 0 Å². The highest BCUT2D eigenvalue weighted by atomic mass is 35.5. The molecule has 0 saturated heterocycles. The van der Waals surface area contributed by atoms with Crippen LogP contribution < -0.4 is 10.5 Å². The molecule has 0 spiro atoms. The molecule has 0 aliphatic heterocycles. The molecule has 96 valence electrons. The fraction of sp³-hybridized carbons (Fsp3) is 0.545. The third-order valence-corrected chi connectivity index (χ3v) is 2.20. The zero-order chi connectivity index (χ0) is 12.5. The molecule has 1 rings (SSSR count). The van der Waals surface area contributed by atoms with E-state index >= 15 is 0 Å². The Labute approximate surface area is 106 Å². The summed E-state index contributed by atoms with van der Waals surface area (Å²) in [5.74, 6) is 0.401. The van der Waals surface area contributed by atoms with Gasteiger partial charge in [-0.2, -0.15) is 0 Å². The van der Waals surface area contributed by atoms with Crippen molar-refractivity contribution in [2.24, 2.45) is 0 Å². The number of pyridine rings is 1. The van der Waals surface area contributed by atoms with Gasteiger partial charge in [0, 0.05) is 20.1 Å². The van der Waals surface area contributed by atoms with E-state index in [0.717, 1.165) is 6.42 Å². The van der Waals surface area contributed by atoms with Crippen LogP contribution in [-0.4, -0.2) is 38.5 Å². The summed E-state index contributed by atoms with van der Waals surface area (Å²) in [6.07, 6.45) is 2.28. The molecule has 2 N–H and O–H groups in total. The van der Waals surface area contributed by atoms with Gasteiger partial charge < -0.3 is 19.9 Å². The maximum Gasteiger partial charge on any atom is 0.232 e. The van der Waals surface area contributed by atoms with Crippen LogP contribution in [0.2, 0.25) is 5.02 Å². The Bertz CT molecular complexity index is 336. The normalized spacial score (nSPS) is 10.5. The number of aromatic nitrogens is 1. The summed E-state index contributed by atoms with van der Waals surface area (Å²) in [6.45, 7) is 2.32. The number of nitrogen functional groups attached to an aromatic ring is 1. The van der Waals surface area contributed by atoms with E-state index in [9.17, 15) is 0 Å². The number of anilines is 1. The Balaban J connectivity index is 2.14. The van der Waals surface area contributed by atoms with Gasteiger partial charge in [0.25, 0.3) is 0 Å². The van der Waals surface area contributed by atoms with Crippen molar-refractivity contribution in [3.05, 3.63) is 17.3 Å². The molecular formula is C11H17ClN2O3. The molecule has 17 heavy (non-hydrogen) atoms. The summed E-state index contributed by atoms with van der Waals surface area (Å²) in [6, 6.07) is 1.61. The summed E-state index contributed by atoms with van der Waals surface area (Å²) in [7, 11) is 1.64. The van der Waals surface area contributed by atoms with Crippen LogP contribution in [0.5, 0.6) is 5.88 Å². The second-order valence-corrected chi connectivity index (χ2v) is 3.77. The van der Waals surface area contributed by atoms with Gasteiger partial charge in [-0.15, -0.1) is 0 Å². The SMILES string of the molecule is COCCOCCCOc1ncc(N)cc1Cl. The highest BCUT2D eigenvalue weighted by Crippen LogP contribution is 2.23. The summed E-state index contributed by atoms with van der Waals surface area (Å²) in [5.41, 5.74) is 6.03. The lowest BCUT2D eigenvalue weighted by Crippen LogP contribution is -2.07. The maximum atomic E-state index is 5.90. The maximum absolute atomic E-state index is 5.90. The molecule has 0 bridgehead atoms. The lowest BCUT2D eigenvalue weighted by atomic mass is 10.4. The average molecular weight is 261 g/mol. The standard InChI is InChI=1S/C11H17ClN2O3/c1-15-5-6-16-3-2-4-17-11-10(12)7-9(13)8-14-11/h7-8H,2-6,13H2,1H3. The summed E-state index contributed by atoms with van der Waals surface area (Å²) >= 11 is 5.90. The number of rotatable bonds is 8. The van der Waals surface area contributed by atoms with Crippen LogP contribution in [0, 0.1) is 0 Å². The van der Waals surface area contributed by atoms with Crippen LogP contribution in [0.15, 0.2) is 12.3 Å². The van der Waals surface area contributed by atoms with Crippen molar-refractivity contribution in [2.75, 3.05) is 39.3 Å². The molecule has 0 radical (unpaired) electrons. The quantitative estimate of drug-likeness (QED) is 0.722. The Morgan fingerprint density at radius 3 is 2.82 bits per heavy atom. The van der Waals surface area contributed by atoms with Gasteiger partial charge in [-0.1, -0.05) is 11.6 Å². The molecule has 0 aromatic carbocycles. The number of ether oxygens (including phenoxy) is 3. The fourth-order valence-electron chi connectivity index (χ4n) is 1.12. The van der Waals surface area contributed by atoms with Gasteiger partial charge in [0.05, 0.1) is 31.7 Å². The van der Waals surface area contributed by atoms with Crippen LogP contribution in [-0.2, 0) is 9.47 Å². The third-order valence-electron chi connectivity index (χ3n) is 1.93. The van der Waals surface area contributed by atoms with Gasteiger partial charge in [0.1, 0.15) is 5.02 Å². The highest BCUT2D eigenvalue weighted by molar-refractivity contribution is 6.32. The minimum absolute atomic E-state index is 0.401. The monoisotopic (exact) mass is 260 g/mol. The first-order chi connectivity index (χ1) is 8.24. The number of nitrogens with zero attached hydrogens (tertiary/aromatic N) is 1. The van der Waals surface area contributed by atoms with Crippen LogP contribution >= 0.6 is 11.6 Å². The summed E-state index contributed by atoms with van der Waals surface area (Å²) < 4.78 is 15.5. The van der Waals surface area contributed by atoms with Crippen molar-refractivity contribution in [2.45, 2.75) is 6.42 Å². The first kappa shape index (κ1) is 14.0. The van der Waals surface area contributed by atoms with E-state index in [-0.39, 0.29) is 0 Å². The minimum Gasteiger partial charge on any atom is -0.477 e. The lowest BCUT2D eigenvalue weighted by Gasteiger charge is -2.07. The zero-order valence-corrected chi connectivity index (χ0v) is 10.6. The molecule has 0 fully saturated rings. The molecule has 0 aliphatic carbocycles. The molecule has 0 amide bonds. The van der Waals surface area contributed by atoms with Gasteiger partial charge >= 0.3 is 0 Å². The third kappa shape index (κ3) is 5.72. The Kier molecular flexibility index (Phi) is 6.69. The molecule has 0 atom stereocenters. The largest absolute Gasteiger partial charge is 0.477 e. The molecule has 0 saturated carbocycles. The first-order valence-electron chi connectivity index (χ1n) is 5.34. The molecule has 1 aromatic rings. The molecule has 0 unspecified atom stereocenters. The molecule has 0 aliphatic rings. The van der Waals surface area contributed by atoms with Crippen molar-refractivity contribution in [1.82, 2.24) is 4.98 Å². The molecule has 1 aromatic heterocycles. The Hall–Kier alpha value is -1.04. The van der Waals surface area contributed by atoms with Gasteiger partial charge in [-0.3, -0.25) is 0 Å². The second kappa shape index (κ2) is 8.11. The van der Waals surface area contributed by atoms with Crippen LogP contribution in [0.25, 0.3) is 0 Å². The van der Waals surface area contributed by atoms with Gasteiger partial charge in [-0.25, -0.2) is 4.98 Å². The van der Waals surface area contributed by atoms with Crippen LogP contribution in [0.4, 0.5) is 5.69 Å². The minimum atomic E-state index is 0.401. The number of hydrogen-bond acceptors (Lipinski definition) is 5. The van der Waals surface area contributed by atoms with E-state index in [0.29, 0.717) is 43.0 Å². The van der Waals surface area contributed by atoms with Gasteiger partial charge in [0.2, 0.25) is 5.88 Å². The lowest BCUT2D eigenvalue weighted by molar-refractivity contribution is 0.0642. The van der Waals surface area contributed by atoms with Crippen molar-refractivity contribution >= 4 is 17.3 Å². The number of nitrogens with two attached hydrogens (primary N) is 1. The number of halogens is 1. The van der Waals surface area contributed by atoms with E-state index in [1.807, 2.05) is 0 Å². The van der Waals surface area contributed by atoms with E-state index in [4.69, 9.17) is 31.5 Å². The summed E-state index contributed by atoms with van der Waals surface area (Å²) in [5, 5.41) is 0.422. The van der Waals surface area contributed by atoms with E-state index in [1.54, 1.807) is 13.2 Å². The zero-order valence-electron chi connectivity index (χ0n) is 9.82. The predicted octanol–water partition coefficient (Wildman–Crippen LogP) is 1.75. The van der Waals surface area contributed by atoms with Gasteiger partial charge in [0.15, 0.2) is 0 Å². The van der Waals surface area contributed by atoms with Gasteiger partial charge in [-0.05, 0) is 6.07 Å². The first-order valence-corrected chi connectivity index (χ1v) is 5.72. The molecule has 1 heterocycles. The van der Waals surface area contributed by atoms with Crippen molar-refractivity contribution in [1.29, 1.82) is 0 Å².